The standard InChI is InChI=1S/C16H28N2O/c1-13(2)8-7-11-19-15-14(9-6-10-17-15)12-18-16(3,4)5/h6,9-10,13,18H,7-8,11-12H2,1-5H3. The van der Waals surface area contributed by atoms with Crippen LogP contribution in [-0.2, 0) is 6.54 Å². The molecule has 1 aromatic heterocycles. The van der Waals surface area contributed by atoms with Gasteiger partial charge in [0.25, 0.3) is 0 Å². The number of rotatable bonds is 7. The number of nitrogens with one attached hydrogen (secondary N) is 1. The van der Waals surface area contributed by atoms with Gasteiger partial charge in [0, 0.05) is 23.8 Å². The lowest BCUT2D eigenvalue weighted by atomic mass is 10.1. The van der Waals surface area contributed by atoms with E-state index in [1.807, 2.05) is 6.07 Å². The van der Waals surface area contributed by atoms with E-state index in [-0.39, 0.29) is 5.54 Å². The SMILES string of the molecule is CC(C)CCCOc1ncccc1CNC(C)(C)C. The van der Waals surface area contributed by atoms with Gasteiger partial charge in [0.1, 0.15) is 0 Å². The molecule has 0 radical (unpaired) electrons. The Bertz CT molecular complexity index is 369. The van der Waals surface area contributed by atoms with E-state index < -0.39 is 0 Å². The van der Waals surface area contributed by atoms with Gasteiger partial charge in [-0.25, -0.2) is 4.98 Å². The molecule has 1 N–H and O–H groups in total. The molecule has 0 fully saturated rings. The van der Waals surface area contributed by atoms with Crippen LogP contribution in [0.25, 0.3) is 0 Å². The average Bonchev–Trinajstić information content (AvgIpc) is 2.32. The molecule has 0 saturated carbocycles. The van der Waals surface area contributed by atoms with Gasteiger partial charge in [0.2, 0.25) is 5.88 Å². The maximum Gasteiger partial charge on any atom is 0.217 e. The second kappa shape index (κ2) is 7.49. The molecule has 0 atom stereocenters. The summed E-state index contributed by atoms with van der Waals surface area (Å²) in [5.41, 5.74) is 1.23. The van der Waals surface area contributed by atoms with Crippen LogP contribution in [0.4, 0.5) is 0 Å². The van der Waals surface area contributed by atoms with Crippen LogP contribution in [0.15, 0.2) is 18.3 Å². The van der Waals surface area contributed by atoms with Crippen LogP contribution in [0.1, 0.15) is 53.0 Å². The van der Waals surface area contributed by atoms with Crippen molar-refractivity contribution in [3.8, 4) is 5.88 Å². The van der Waals surface area contributed by atoms with Gasteiger partial charge in [-0.15, -0.1) is 0 Å². The quantitative estimate of drug-likeness (QED) is 0.761. The number of pyridine rings is 1. The number of nitrogens with zero attached hydrogens (tertiary/aromatic N) is 1. The van der Waals surface area contributed by atoms with E-state index in [0.717, 1.165) is 36.9 Å². The highest BCUT2D eigenvalue weighted by Crippen LogP contribution is 2.16. The van der Waals surface area contributed by atoms with Crippen LogP contribution in [0.5, 0.6) is 5.88 Å². The number of hydrogen-bond acceptors (Lipinski definition) is 3. The van der Waals surface area contributed by atoms with Crippen molar-refractivity contribution in [3.05, 3.63) is 23.9 Å². The third kappa shape index (κ3) is 7.16. The summed E-state index contributed by atoms with van der Waals surface area (Å²) < 4.78 is 5.80. The molecule has 1 aromatic rings. The zero-order valence-electron chi connectivity index (χ0n) is 13.0. The van der Waals surface area contributed by atoms with Gasteiger partial charge >= 0.3 is 0 Å². The molecule has 0 aliphatic carbocycles. The minimum absolute atomic E-state index is 0.102. The van der Waals surface area contributed by atoms with Crippen LogP contribution in [0.3, 0.4) is 0 Å². The Morgan fingerprint density at radius 3 is 2.68 bits per heavy atom. The maximum atomic E-state index is 5.80. The number of hydrogen-bond donors (Lipinski definition) is 1. The molecule has 0 bridgehead atoms. The van der Waals surface area contributed by atoms with Crippen LogP contribution < -0.4 is 10.1 Å². The Labute approximate surface area is 117 Å². The number of ether oxygens (including phenoxy) is 1. The first-order chi connectivity index (χ1) is 8.88. The monoisotopic (exact) mass is 264 g/mol. The third-order valence-electron chi connectivity index (χ3n) is 2.82. The predicted molar refractivity (Wildman–Crippen MR) is 80.4 cm³/mol. The second-order valence-electron chi connectivity index (χ2n) is 6.46. The average molecular weight is 264 g/mol. The van der Waals surface area contributed by atoms with Gasteiger partial charge in [0.05, 0.1) is 6.61 Å². The van der Waals surface area contributed by atoms with Gasteiger partial charge in [0.15, 0.2) is 0 Å². The molecule has 3 heteroatoms. The van der Waals surface area contributed by atoms with Crippen molar-refractivity contribution in [2.24, 2.45) is 5.92 Å². The largest absolute Gasteiger partial charge is 0.477 e. The molecule has 19 heavy (non-hydrogen) atoms. The molecular weight excluding hydrogens is 236 g/mol. The van der Waals surface area contributed by atoms with E-state index in [9.17, 15) is 0 Å². The smallest absolute Gasteiger partial charge is 0.217 e. The molecule has 1 heterocycles. The fraction of sp³-hybridized carbons (Fsp3) is 0.688. The van der Waals surface area contributed by atoms with E-state index in [2.05, 4.69) is 51.0 Å². The van der Waals surface area contributed by atoms with E-state index in [1.54, 1.807) is 6.20 Å². The van der Waals surface area contributed by atoms with E-state index in [1.165, 1.54) is 6.42 Å². The minimum atomic E-state index is 0.102. The summed E-state index contributed by atoms with van der Waals surface area (Å²) in [6, 6.07) is 4.03. The summed E-state index contributed by atoms with van der Waals surface area (Å²) in [5, 5.41) is 3.47. The maximum absolute atomic E-state index is 5.80. The van der Waals surface area contributed by atoms with Crippen molar-refractivity contribution in [2.75, 3.05) is 6.61 Å². The molecule has 0 spiro atoms. The van der Waals surface area contributed by atoms with Crippen molar-refractivity contribution in [1.29, 1.82) is 0 Å². The molecule has 0 aromatic carbocycles. The molecule has 0 aliphatic heterocycles. The fourth-order valence-corrected chi connectivity index (χ4v) is 1.71. The van der Waals surface area contributed by atoms with Crippen molar-refractivity contribution in [3.63, 3.8) is 0 Å². The zero-order valence-corrected chi connectivity index (χ0v) is 13.0. The minimum Gasteiger partial charge on any atom is -0.477 e. The molecule has 0 amide bonds. The fourth-order valence-electron chi connectivity index (χ4n) is 1.71. The first kappa shape index (κ1) is 16.0. The highest BCUT2D eigenvalue weighted by molar-refractivity contribution is 5.25. The molecule has 1 rings (SSSR count). The Balaban J connectivity index is 2.48. The summed E-state index contributed by atoms with van der Waals surface area (Å²) in [5.74, 6) is 1.50. The molecule has 0 unspecified atom stereocenters. The predicted octanol–water partition coefficient (Wildman–Crippen LogP) is 3.78. The highest BCUT2D eigenvalue weighted by atomic mass is 16.5. The van der Waals surface area contributed by atoms with Gasteiger partial charge in [-0.3, -0.25) is 0 Å². The van der Waals surface area contributed by atoms with Gasteiger partial charge in [-0.1, -0.05) is 19.9 Å². The first-order valence-corrected chi connectivity index (χ1v) is 7.20. The van der Waals surface area contributed by atoms with Crippen molar-refractivity contribution >= 4 is 0 Å². The van der Waals surface area contributed by atoms with Crippen molar-refractivity contribution in [1.82, 2.24) is 10.3 Å². The second-order valence-corrected chi connectivity index (χ2v) is 6.46. The summed E-state index contributed by atoms with van der Waals surface area (Å²) in [4.78, 5) is 4.33. The molecule has 0 aliphatic rings. The van der Waals surface area contributed by atoms with Gasteiger partial charge < -0.3 is 10.1 Å². The van der Waals surface area contributed by atoms with Crippen LogP contribution in [0.2, 0.25) is 0 Å². The Kier molecular flexibility index (Phi) is 6.29. The van der Waals surface area contributed by atoms with E-state index >= 15 is 0 Å². The van der Waals surface area contributed by atoms with Gasteiger partial charge in [-0.2, -0.15) is 0 Å². The lowest BCUT2D eigenvalue weighted by molar-refractivity contribution is 0.282. The summed E-state index contributed by atoms with van der Waals surface area (Å²) in [6.07, 6.45) is 4.07. The Morgan fingerprint density at radius 1 is 1.32 bits per heavy atom. The topological polar surface area (TPSA) is 34.1 Å². The lowest BCUT2D eigenvalue weighted by Gasteiger charge is -2.21. The molecular formula is C16H28N2O. The van der Waals surface area contributed by atoms with E-state index in [0.29, 0.717) is 0 Å². The first-order valence-electron chi connectivity index (χ1n) is 7.20. The van der Waals surface area contributed by atoms with E-state index in [4.69, 9.17) is 4.74 Å². The molecule has 108 valence electrons. The normalized spacial score (nSPS) is 11.9. The molecule has 3 nitrogen and oxygen atoms in total. The van der Waals surface area contributed by atoms with Crippen LogP contribution in [-0.4, -0.2) is 17.1 Å². The number of aromatic nitrogens is 1. The zero-order chi connectivity index (χ0) is 14.3. The van der Waals surface area contributed by atoms with Gasteiger partial charge in [-0.05, 0) is 45.6 Å². The molecule has 0 saturated heterocycles. The highest BCUT2D eigenvalue weighted by Gasteiger charge is 2.11. The van der Waals surface area contributed by atoms with Crippen molar-refractivity contribution < 1.29 is 4.74 Å². The van der Waals surface area contributed by atoms with Crippen molar-refractivity contribution in [2.45, 2.75) is 59.5 Å². The lowest BCUT2D eigenvalue weighted by Crippen LogP contribution is -2.35. The van der Waals surface area contributed by atoms with Crippen LogP contribution >= 0.6 is 0 Å². The summed E-state index contributed by atoms with van der Waals surface area (Å²) >= 11 is 0. The third-order valence-corrected chi connectivity index (χ3v) is 2.82. The summed E-state index contributed by atoms with van der Waals surface area (Å²) in [6.45, 7) is 12.5. The Hall–Kier alpha value is -1.09. The van der Waals surface area contributed by atoms with Crippen LogP contribution in [0, 0.1) is 5.92 Å². The Morgan fingerprint density at radius 2 is 2.05 bits per heavy atom. The summed E-state index contributed by atoms with van der Waals surface area (Å²) in [7, 11) is 0.